The number of hydrogen-bond donors (Lipinski definition) is 1. The van der Waals surface area contributed by atoms with Gasteiger partial charge >= 0.3 is 0 Å². The molecule has 2 fully saturated rings. The molecule has 1 unspecified atom stereocenters. The Morgan fingerprint density at radius 3 is 2.90 bits per heavy atom. The summed E-state index contributed by atoms with van der Waals surface area (Å²) in [5.41, 5.74) is 3.36. The first kappa shape index (κ1) is 13.8. The van der Waals surface area contributed by atoms with Crippen LogP contribution >= 0.6 is 0 Å². The lowest BCUT2D eigenvalue weighted by molar-refractivity contribution is 0.207. The van der Waals surface area contributed by atoms with E-state index in [1.807, 2.05) is 0 Å². The number of benzene rings is 1. The van der Waals surface area contributed by atoms with Gasteiger partial charge < -0.3 is 5.32 Å². The zero-order valence-corrected chi connectivity index (χ0v) is 12.6. The highest BCUT2D eigenvalue weighted by molar-refractivity contribution is 5.52. The maximum Gasteiger partial charge on any atom is 0.0193 e. The van der Waals surface area contributed by atoms with Crippen LogP contribution in [0.5, 0.6) is 0 Å². The van der Waals surface area contributed by atoms with Crippen LogP contribution in [0.4, 0.5) is 0 Å². The quantitative estimate of drug-likeness (QED) is 0.907. The summed E-state index contributed by atoms with van der Waals surface area (Å²) in [5, 5.41) is 3.59. The second-order valence-corrected chi connectivity index (χ2v) is 6.64. The fraction of sp³-hybridized carbons (Fsp3) is 0.556. The van der Waals surface area contributed by atoms with Crippen LogP contribution < -0.4 is 5.32 Å². The molecule has 2 aliphatic rings. The molecule has 20 heavy (non-hydrogen) atoms. The van der Waals surface area contributed by atoms with E-state index in [1.54, 1.807) is 0 Å². The van der Waals surface area contributed by atoms with Gasteiger partial charge in [0.05, 0.1) is 0 Å². The van der Waals surface area contributed by atoms with E-state index >= 15 is 0 Å². The SMILES string of the molecule is C/C(=C\c1ccccc1)CN1CCC2(CCCNC2)C1. The third kappa shape index (κ3) is 3.31. The molecule has 0 aromatic heterocycles. The molecule has 1 aromatic rings. The summed E-state index contributed by atoms with van der Waals surface area (Å²) < 4.78 is 0. The monoisotopic (exact) mass is 270 g/mol. The summed E-state index contributed by atoms with van der Waals surface area (Å²) >= 11 is 0. The molecule has 1 spiro atoms. The van der Waals surface area contributed by atoms with Crippen molar-refractivity contribution in [3.63, 3.8) is 0 Å². The van der Waals surface area contributed by atoms with Crippen molar-refractivity contribution in [3.05, 3.63) is 41.5 Å². The minimum absolute atomic E-state index is 0.575. The topological polar surface area (TPSA) is 15.3 Å². The molecule has 2 heteroatoms. The molecule has 0 aliphatic carbocycles. The third-order valence-electron chi connectivity index (χ3n) is 4.76. The Morgan fingerprint density at radius 2 is 2.15 bits per heavy atom. The van der Waals surface area contributed by atoms with Crippen LogP contribution in [0.25, 0.3) is 6.08 Å². The Kier molecular flexibility index (Phi) is 4.23. The predicted octanol–water partition coefficient (Wildman–Crippen LogP) is 3.17. The maximum absolute atomic E-state index is 3.59. The van der Waals surface area contributed by atoms with E-state index in [4.69, 9.17) is 0 Å². The molecule has 108 valence electrons. The van der Waals surface area contributed by atoms with Gasteiger partial charge in [-0.05, 0) is 50.3 Å². The summed E-state index contributed by atoms with van der Waals surface area (Å²) in [7, 11) is 0. The lowest BCUT2D eigenvalue weighted by Gasteiger charge is -2.34. The van der Waals surface area contributed by atoms with Crippen molar-refractivity contribution >= 4 is 6.08 Å². The summed E-state index contributed by atoms with van der Waals surface area (Å²) in [6, 6.07) is 10.7. The van der Waals surface area contributed by atoms with Crippen molar-refractivity contribution in [2.45, 2.75) is 26.2 Å². The fourth-order valence-electron chi connectivity index (χ4n) is 3.77. The zero-order valence-electron chi connectivity index (χ0n) is 12.6. The second kappa shape index (κ2) is 6.11. The van der Waals surface area contributed by atoms with Crippen LogP contribution in [0.15, 0.2) is 35.9 Å². The molecular weight excluding hydrogens is 244 g/mol. The van der Waals surface area contributed by atoms with Crippen molar-refractivity contribution in [2.75, 3.05) is 32.7 Å². The van der Waals surface area contributed by atoms with Gasteiger partial charge in [-0.15, -0.1) is 0 Å². The summed E-state index contributed by atoms with van der Waals surface area (Å²) in [6.45, 7) is 8.37. The number of nitrogens with zero attached hydrogens (tertiary/aromatic N) is 1. The summed E-state index contributed by atoms with van der Waals surface area (Å²) in [6.07, 6.45) is 6.47. The van der Waals surface area contributed by atoms with E-state index in [9.17, 15) is 0 Å². The fourth-order valence-corrected chi connectivity index (χ4v) is 3.77. The molecule has 1 aromatic carbocycles. The second-order valence-electron chi connectivity index (χ2n) is 6.64. The van der Waals surface area contributed by atoms with Crippen LogP contribution in [0, 0.1) is 5.41 Å². The Labute approximate surface area is 122 Å². The highest BCUT2D eigenvalue weighted by Crippen LogP contribution is 2.36. The average Bonchev–Trinajstić information content (AvgIpc) is 2.83. The number of piperidine rings is 1. The van der Waals surface area contributed by atoms with Crippen LogP contribution in [0.3, 0.4) is 0 Å². The minimum Gasteiger partial charge on any atom is -0.316 e. The maximum atomic E-state index is 3.59. The summed E-state index contributed by atoms with van der Waals surface area (Å²) in [5.74, 6) is 0. The van der Waals surface area contributed by atoms with E-state index in [-0.39, 0.29) is 0 Å². The highest BCUT2D eigenvalue weighted by Gasteiger charge is 2.38. The molecule has 2 nitrogen and oxygen atoms in total. The molecule has 0 radical (unpaired) electrons. The van der Waals surface area contributed by atoms with E-state index in [2.05, 4.69) is 53.5 Å². The molecule has 0 amide bonds. The standard InChI is InChI=1S/C18H26N2/c1-16(12-17-6-3-2-4-7-17)13-20-11-9-18(15-20)8-5-10-19-14-18/h2-4,6-7,12,19H,5,8-11,13-15H2,1H3/b16-12+. The van der Waals surface area contributed by atoms with Crippen LogP contribution in [-0.4, -0.2) is 37.6 Å². The predicted molar refractivity (Wildman–Crippen MR) is 85.7 cm³/mol. The van der Waals surface area contributed by atoms with E-state index < -0.39 is 0 Å². The summed E-state index contributed by atoms with van der Waals surface area (Å²) in [4.78, 5) is 2.64. The Bertz CT molecular complexity index is 458. The Hall–Kier alpha value is -1.12. The lowest BCUT2D eigenvalue weighted by atomic mass is 9.80. The molecule has 2 saturated heterocycles. The Morgan fingerprint density at radius 1 is 1.30 bits per heavy atom. The highest BCUT2D eigenvalue weighted by atomic mass is 15.2. The van der Waals surface area contributed by atoms with Gasteiger partial charge in [0.25, 0.3) is 0 Å². The molecule has 3 rings (SSSR count). The molecule has 2 aliphatic heterocycles. The van der Waals surface area contributed by atoms with Crippen LogP contribution in [0.2, 0.25) is 0 Å². The first-order chi connectivity index (χ1) is 9.76. The van der Waals surface area contributed by atoms with E-state index in [1.165, 1.54) is 56.6 Å². The van der Waals surface area contributed by atoms with Gasteiger partial charge in [-0.25, -0.2) is 0 Å². The number of hydrogen-bond acceptors (Lipinski definition) is 2. The van der Waals surface area contributed by atoms with Crippen molar-refractivity contribution in [3.8, 4) is 0 Å². The minimum atomic E-state index is 0.575. The lowest BCUT2D eigenvalue weighted by Crippen LogP contribution is -2.42. The van der Waals surface area contributed by atoms with Crippen molar-refractivity contribution in [1.29, 1.82) is 0 Å². The Balaban J connectivity index is 1.57. The number of nitrogens with one attached hydrogen (secondary N) is 1. The molecule has 1 atom stereocenters. The number of rotatable bonds is 3. The van der Waals surface area contributed by atoms with E-state index in [0.717, 1.165) is 6.54 Å². The van der Waals surface area contributed by atoms with Crippen molar-refractivity contribution in [1.82, 2.24) is 10.2 Å². The van der Waals surface area contributed by atoms with Gasteiger partial charge in [0, 0.05) is 19.6 Å². The zero-order chi connectivity index (χ0) is 13.8. The van der Waals surface area contributed by atoms with Crippen LogP contribution in [0.1, 0.15) is 31.7 Å². The van der Waals surface area contributed by atoms with Crippen molar-refractivity contribution < 1.29 is 0 Å². The van der Waals surface area contributed by atoms with E-state index in [0.29, 0.717) is 5.41 Å². The van der Waals surface area contributed by atoms with Gasteiger partial charge in [0.2, 0.25) is 0 Å². The smallest absolute Gasteiger partial charge is 0.0193 e. The van der Waals surface area contributed by atoms with Crippen molar-refractivity contribution in [2.24, 2.45) is 5.41 Å². The van der Waals surface area contributed by atoms with Gasteiger partial charge in [-0.1, -0.05) is 42.0 Å². The van der Waals surface area contributed by atoms with Gasteiger partial charge in [0.1, 0.15) is 0 Å². The third-order valence-corrected chi connectivity index (χ3v) is 4.76. The normalized spacial score (nSPS) is 28.1. The average molecular weight is 270 g/mol. The molecular formula is C18H26N2. The van der Waals surface area contributed by atoms with Gasteiger partial charge in [0.15, 0.2) is 0 Å². The first-order valence-electron chi connectivity index (χ1n) is 7.91. The molecule has 1 N–H and O–H groups in total. The van der Waals surface area contributed by atoms with Gasteiger partial charge in [-0.2, -0.15) is 0 Å². The first-order valence-corrected chi connectivity index (χ1v) is 7.91. The van der Waals surface area contributed by atoms with Crippen LogP contribution in [-0.2, 0) is 0 Å². The largest absolute Gasteiger partial charge is 0.316 e. The number of likely N-dealkylation sites (tertiary alicyclic amines) is 1. The van der Waals surface area contributed by atoms with Gasteiger partial charge in [-0.3, -0.25) is 4.90 Å². The molecule has 0 saturated carbocycles. The molecule has 0 bridgehead atoms. The molecule has 2 heterocycles.